The van der Waals surface area contributed by atoms with Crippen LogP contribution < -0.4 is 5.32 Å². The first kappa shape index (κ1) is 13.4. The van der Waals surface area contributed by atoms with Gasteiger partial charge in [-0.05, 0) is 37.5 Å². The summed E-state index contributed by atoms with van der Waals surface area (Å²) in [5.74, 6) is 3.64. The van der Waals surface area contributed by atoms with E-state index in [0.29, 0.717) is 0 Å². The van der Waals surface area contributed by atoms with Gasteiger partial charge in [-0.1, -0.05) is 33.1 Å². The number of unbranched alkanes of at least 4 members (excludes halogenated alkanes) is 1. The van der Waals surface area contributed by atoms with Crippen molar-refractivity contribution in [2.75, 3.05) is 18.1 Å². The molecule has 0 saturated carbocycles. The second kappa shape index (κ2) is 8.46. The third-order valence-corrected chi connectivity index (χ3v) is 4.45. The zero-order valence-electron chi connectivity index (χ0n) is 10.4. The van der Waals surface area contributed by atoms with Gasteiger partial charge in [-0.15, -0.1) is 0 Å². The maximum absolute atomic E-state index is 3.75. The van der Waals surface area contributed by atoms with Gasteiger partial charge in [0.15, 0.2) is 0 Å². The SMILES string of the molecule is CCCCC(CCC)CNC1CCSC1. The molecule has 0 amide bonds. The van der Waals surface area contributed by atoms with Crippen molar-refractivity contribution >= 4 is 11.8 Å². The smallest absolute Gasteiger partial charge is 0.0166 e. The molecule has 1 rings (SSSR count). The Morgan fingerprint density at radius 3 is 2.73 bits per heavy atom. The Bertz CT molecular complexity index is 143. The summed E-state index contributed by atoms with van der Waals surface area (Å²) in [4.78, 5) is 0. The van der Waals surface area contributed by atoms with Crippen molar-refractivity contribution in [2.24, 2.45) is 5.92 Å². The molecule has 15 heavy (non-hydrogen) atoms. The van der Waals surface area contributed by atoms with Crippen LogP contribution in [-0.2, 0) is 0 Å². The van der Waals surface area contributed by atoms with Crippen molar-refractivity contribution in [1.82, 2.24) is 5.32 Å². The van der Waals surface area contributed by atoms with Crippen LogP contribution in [-0.4, -0.2) is 24.1 Å². The van der Waals surface area contributed by atoms with Crippen molar-refractivity contribution in [3.05, 3.63) is 0 Å². The fourth-order valence-corrected chi connectivity index (χ4v) is 3.47. The minimum Gasteiger partial charge on any atom is -0.313 e. The third-order valence-electron chi connectivity index (χ3n) is 3.29. The van der Waals surface area contributed by atoms with Crippen molar-refractivity contribution in [2.45, 2.75) is 58.4 Å². The summed E-state index contributed by atoms with van der Waals surface area (Å²) in [5.41, 5.74) is 0. The molecule has 90 valence electrons. The van der Waals surface area contributed by atoms with Gasteiger partial charge in [-0.25, -0.2) is 0 Å². The van der Waals surface area contributed by atoms with Crippen molar-refractivity contribution < 1.29 is 0 Å². The van der Waals surface area contributed by atoms with E-state index in [9.17, 15) is 0 Å². The Hall–Kier alpha value is 0.310. The molecule has 1 aliphatic heterocycles. The molecule has 0 aromatic carbocycles. The van der Waals surface area contributed by atoms with Crippen LogP contribution >= 0.6 is 11.8 Å². The van der Waals surface area contributed by atoms with Crippen LogP contribution in [0, 0.1) is 5.92 Å². The Kier molecular flexibility index (Phi) is 7.54. The minimum atomic E-state index is 0.816. The van der Waals surface area contributed by atoms with E-state index in [1.807, 2.05) is 0 Å². The standard InChI is InChI=1S/C13H27NS/c1-3-5-7-12(6-4-2)10-14-13-8-9-15-11-13/h12-14H,3-11H2,1-2H3. The van der Waals surface area contributed by atoms with E-state index in [4.69, 9.17) is 0 Å². The van der Waals surface area contributed by atoms with Crippen molar-refractivity contribution in [3.63, 3.8) is 0 Å². The number of hydrogen-bond acceptors (Lipinski definition) is 2. The van der Waals surface area contributed by atoms with Gasteiger partial charge in [0.2, 0.25) is 0 Å². The quantitative estimate of drug-likeness (QED) is 0.681. The number of rotatable bonds is 8. The first-order valence-electron chi connectivity index (χ1n) is 6.68. The molecule has 1 heterocycles. The first-order chi connectivity index (χ1) is 7.36. The highest BCUT2D eigenvalue weighted by molar-refractivity contribution is 7.99. The average Bonchev–Trinajstić information content (AvgIpc) is 2.75. The predicted molar refractivity (Wildman–Crippen MR) is 71.7 cm³/mol. The van der Waals surface area contributed by atoms with Crippen LogP contribution in [0.1, 0.15) is 52.4 Å². The number of hydrogen-bond donors (Lipinski definition) is 1. The predicted octanol–water partition coefficient (Wildman–Crippen LogP) is 3.69. The maximum Gasteiger partial charge on any atom is 0.0166 e. The maximum atomic E-state index is 3.75. The first-order valence-corrected chi connectivity index (χ1v) is 7.83. The number of nitrogens with one attached hydrogen (secondary N) is 1. The molecule has 0 radical (unpaired) electrons. The Balaban J connectivity index is 2.11. The number of thioether (sulfide) groups is 1. The molecular weight excluding hydrogens is 202 g/mol. The molecule has 1 aliphatic rings. The highest BCUT2D eigenvalue weighted by atomic mass is 32.2. The summed E-state index contributed by atoms with van der Waals surface area (Å²) in [6, 6.07) is 0.816. The molecular formula is C13H27NS. The molecule has 2 heteroatoms. The normalized spacial score (nSPS) is 23.2. The van der Waals surface area contributed by atoms with Crippen molar-refractivity contribution in [3.8, 4) is 0 Å². The van der Waals surface area contributed by atoms with Gasteiger partial charge < -0.3 is 5.32 Å². The van der Waals surface area contributed by atoms with E-state index in [-0.39, 0.29) is 0 Å². The molecule has 0 aromatic heterocycles. The van der Waals surface area contributed by atoms with Crippen LogP contribution in [0.25, 0.3) is 0 Å². The van der Waals surface area contributed by atoms with Crippen LogP contribution in [0.2, 0.25) is 0 Å². The second-order valence-corrected chi connectivity index (χ2v) is 5.92. The molecule has 0 spiro atoms. The summed E-state index contributed by atoms with van der Waals surface area (Å²) in [7, 11) is 0. The zero-order chi connectivity index (χ0) is 10.9. The third kappa shape index (κ3) is 5.82. The Morgan fingerprint density at radius 2 is 2.13 bits per heavy atom. The summed E-state index contributed by atoms with van der Waals surface area (Å²) in [5, 5.41) is 3.75. The molecule has 0 aliphatic carbocycles. The topological polar surface area (TPSA) is 12.0 Å². The molecule has 0 aromatic rings. The van der Waals surface area contributed by atoms with Gasteiger partial charge in [-0.3, -0.25) is 0 Å². The molecule has 0 bridgehead atoms. The molecule has 1 fully saturated rings. The van der Waals surface area contributed by atoms with Gasteiger partial charge in [0.1, 0.15) is 0 Å². The average molecular weight is 229 g/mol. The minimum absolute atomic E-state index is 0.816. The molecule has 2 atom stereocenters. The van der Waals surface area contributed by atoms with E-state index in [2.05, 4.69) is 30.9 Å². The molecule has 2 unspecified atom stereocenters. The summed E-state index contributed by atoms with van der Waals surface area (Å²) >= 11 is 2.10. The van der Waals surface area contributed by atoms with Gasteiger partial charge in [0.25, 0.3) is 0 Å². The summed E-state index contributed by atoms with van der Waals surface area (Å²) in [6.45, 7) is 5.87. The van der Waals surface area contributed by atoms with Crippen LogP contribution in [0.3, 0.4) is 0 Å². The van der Waals surface area contributed by atoms with Crippen LogP contribution in [0.15, 0.2) is 0 Å². The van der Waals surface area contributed by atoms with E-state index in [1.165, 1.54) is 56.6 Å². The second-order valence-electron chi connectivity index (χ2n) is 4.77. The lowest BCUT2D eigenvalue weighted by molar-refractivity contribution is 0.382. The fourth-order valence-electron chi connectivity index (χ4n) is 2.28. The lowest BCUT2D eigenvalue weighted by Gasteiger charge is -2.19. The Morgan fingerprint density at radius 1 is 1.27 bits per heavy atom. The molecule has 1 nitrogen and oxygen atoms in total. The highest BCUT2D eigenvalue weighted by Crippen LogP contribution is 2.19. The van der Waals surface area contributed by atoms with Crippen LogP contribution in [0.5, 0.6) is 0 Å². The van der Waals surface area contributed by atoms with E-state index < -0.39 is 0 Å². The largest absolute Gasteiger partial charge is 0.313 e. The molecule has 1 saturated heterocycles. The fraction of sp³-hybridized carbons (Fsp3) is 1.00. The Labute approximate surface area is 99.8 Å². The van der Waals surface area contributed by atoms with Crippen molar-refractivity contribution in [1.29, 1.82) is 0 Å². The zero-order valence-corrected chi connectivity index (χ0v) is 11.2. The van der Waals surface area contributed by atoms with Gasteiger partial charge in [0, 0.05) is 11.8 Å². The highest BCUT2D eigenvalue weighted by Gasteiger charge is 2.16. The summed E-state index contributed by atoms with van der Waals surface area (Å²) in [6.07, 6.45) is 8.32. The van der Waals surface area contributed by atoms with Gasteiger partial charge in [-0.2, -0.15) is 11.8 Å². The lowest BCUT2D eigenvalue weighted by Crippen LogP contribution is -2.33. The van der Waals surface area contributed by atoms with Gasteiger partial charge >= 0.3 is 0 Å². The lowest BCUT2D eigenvalue weighted by atomic mass is 9.97. The molecule has 1 N–H and O–H groups in total. The van der Waals surface area contributed by atoms with E-state index in [1.54, 1.807) is 0 Å². The van der Waals surface area contributed by atoms with E-state index in [0.717, 1.165) is 12.0 Å². The summed E-state index contributed by atoms with van der Waals surface area (Å²) < 4.78 is 0. The monoisotopic (exact) mass is 229 g/mol. The van der Waals surface area contributed by atoms with E-state index >= 15 is 0 Å². The van der Waals surface area contributed by atoms with Gasteiger partial charge in [0.05, 0.1) is 0 Å². The van der Waals surface area contributed by atoms with Crippen LogP contribution in [0.4, 0.5) is 0 Å².